The van der Waals surface area contributed by atoms with E-state index in [-0.39, 0.29) is 0 Å². The molecule has 0 bridgehead atoms. The van der Waals surface area contributed by atoms with E-state index >= 15 is 0 Å². The monoisotopic (exact) mass is 317 g/mol. The van der Waals surface area contributed by atoms with Crippen molar-refractivity contribution in [2.24, 2.45) is 0 Å². The molecule has 3 rings (SSSR count). The van der Waals surface area contributed by atoms with Gasteiger partial charge in [0.05, 0.1) is 0 Å². The molecule has 2 heterocycles. The Balaban J connectivity index is 1.55. The van der Waals surface area contributed by atoms with E-state index in [1.165, 1.54) is 18.4 Å². The van der Waals surface area contributed by atoms with Gasteiger partial charge in [0.15, 0.2) is 5.76 Å². The number of rotatable bonds is 7. The van der Waals surface area contributed by atoms with E-state index in [1.54, 1.807) is 0 Å². The number of allylic oxidation sites excluding steroid dienone is 1. The Morgan fingerprint density at radius 1 is 1.04 bits per heavy atom. The van der Waals surface area contributed by atoms with Crippen LogP contribution in [0, 0.1) is 0 Å². The molecule has 1 fully saturated rings. The second-order valence-electron chi connectivity index (χ2n) is 6.03. The van der Waals surface area contributed by atoms with Gasteiger partial charge < -0.3 is 14.4 Å². The molecular weight excluding hydrogens is 290 g/mol. The highest BCUT2D eigenvalue weighted by molar-refractivity contribution is 5.21. The largest absolute Gasteiger partial charge is 0.456 e. The summed E-state index contributed by atoms with van der Waals surface area (Å²) in [6.07, 6.45) is 3.25. The summed E-state index contributed by atoms with van der Waals surface area (Å²) in [6.45, 7) is 7.58. The van der Waals surface area contributed by atoms with Crippen molar-refractivity contribution in [3.63, 3.8) is 0 Å². The van der Waals surface area contributed by atoms with Crippen molar-refractivity contribution in [1.82, 2.24) is 15.3 Å². The molecule has 5 heteroatoms. The minimum Gasteiger partial charge on any atom is -0.456 e. The first kappa shape index (κ1) is 16.1. The van der Waals surface area contributed by atoms with Crippen molar-refractivity contribution in [3.8, 4) is 0 Å². The van der Waals surface area contributed by atoms with Gasteiger partial charge in [0.1, 0.15) is 0 Å². The van der Waals surface area contributed by atoms with E-state index in [0.29, 0.717) is 6.79 Å². The van der Waals surface area contributed by atoms with Crippen LogP contribution in [0.4, 0.5) is 0 Å². The fourth-order valence-corrected chi connectivity index (χ4v) is 2.96. The molecule has 0 atom stereocenters. The molecule has 0 radical (unpaired) electrons. The van der Waals surface area contributed by atoms with Gasteiger partial charge in [-0.05, 0) is 12.0 Å². The Hall–Kier alpha value is -1.72. The maximum atomic E-state index is 5.76. The maximum Gasteiger partial charge on any atom is 0.232 e. The lowest BCUT2D eigenvalue weighted by Crippen LogP contribution is -2.51. The van der Waals surface area contributed by atoms with Gasteiger partial charge in [-0.2, -0.15) is 0 Å². The van der Waals surface area contributed by atoms with E-state index in [2.05, 4.69) is 46.5 Å². The predicted molar refractivity (Wildman–Crippen MR) is 90.3 cm³/mol. The third-order valence-corrected chi connectivity index (χ3v) is 4.31. The number of benzene rings is 1. The number of ether oxygens (including phenoxy) is 2. The SMILES string of the molecule is CCCCNN1CCN(C2=C(Cc3ccccc3)OCO2)CC1. The van der Waals surface area contributed by atoms with E-state index in [1.807, 2.05) is 6.07 Å². The molecule has 23 heavy (non-hydrogen) atoms. The summed E-state index contributed by atoms with van der Waals surface area (Å²) in [4.78, 5) is 2.31. The number of hydrazine groups is 1. The molecule has 1 N–H and O–H groups in total. The van der Waals surface area contributed by atoms with Crippen molar-refractivity contribution >= 4 is 0 Å². The maximum absolute atomic E-state index is 5.76. The van der Waals surface area contributed by atoms with E-state index in [9.17, 15) is 0 Å². The number of hydrogen-bond acceptors (Lipinski definition) is 5. The Kier molecular flexibility index (Phi) is 5.77. The lowest BCUT2D eigenvalue weighted by Gasteiger charge is -2.35. The van der Waals surface area contributed by atoms with Crippen LogP contribution in [0.15, 0.2) is 42.0 Å². The molecular formula is C18H27N3O2. The highest BCUT2D eigenvalue weighted by Gasteiger charge is 2.26. The molecule has 5 nitrogen and oxygen atoms in total. The van der Waals surface area contributed by atoms with Gasteiger partial charge in [0.2, 0.25) is 12.7 Å². The van der Waals surface area contributed by atoms with Crippen molar-refractivity contribution in [1.29, 1.82) is 0 Å². The second kappa shape index (κ2) is 8.22. The lowest BCUT2D eigenvalue weighted by atomic mass is 10.1. The van der Waals surface area contributed by atoms with Crippen molar-refractivity contribution in [2.75, 3.05) is 39.5 Å². The van der Waals surface area contributed by atoms with E-state index < -0.39 is 0 Å². The first-order valence-electron chi connectivity index (χ1n) is 8.63. The zero-order valence-corrected chi connectivity index (χ0v) is 14.0. The quantitative estimate of drug-likeness (QED) is 0.781. The number of nitrogens with zero attached hydrogens (tertiary/aromatic N) is 2. The molecule has 0 unspecified atom stereocenters. The van der Waals surface area contributed by atoms with Crippen LogP contribution in [-0.2, 0) is 15.9 Å². The molecule has 2 aliphatic heterocycles. The van der Waals surface area contributed by atoms with Crippen molar-refractivity contribution in [2.45, 2.75) is 26.2 Å². The van der Waals surface area contributed by atoms with Crippen LogP contribution in [-0.4, -0.2) is 49.4 Å². The molecule has 2 aliphatic rings. The highest BCUT2D eigenvalue weighted by Crippen LogP contribution is 2.24. The van der Waals surface area contributed by atoms with Gasteiger partial charge in [-0.25, -0.2) is 5.01 Å². The molecule has 1 saturated heterocycles. The average molecular weight is 317 g/mol. The Morgan fingerprint density at radius 3 is 2.57 bits per heavy atom. The molecule has 0 spiro atoms. The third-order valence-electron chi connectivity index (χ3n) is 4.31. The first-order valence-corrected chi connectivity index (χ1v) is 8.63. The summed E-state index contributed by atoms with van der Waals surface area (Å²) in [5, 5.41) is 2.32. The van der Waals surface area contributed by atoms with Gasteiger partial charge in [0, 0.05) is 39.1 Å². The summed E-state index contributed by atoms with van der Waals surface area (Å²) >= 11 is 0. The minimum absolute atomic E-state index is 0.340. The summed E-state index contributed by atoms with van der Waals surface area (Å²) in [5.74, 6) is 1.89. The Bertz CT molecular complexity index is 510. The van der Waals surface area contributed by atoms with E-state index in [0.717, 1.165) is 50.8 Å². The third kappa shape index (κ3) is 4.39. The van der Waals surface area contributed by atoms with Gasteiger partial charge in [-0.15, -0.1) is 0 Å². The predicted octanol–water partition coefficient (Wildman–Crippen LogP) is 2.32. The van der Waals surface area contributed by atoms with Crippen LogP contribution < -0.4 is 5.43 Å². The fraction of sp³-hybridized carbons (Fsp3) is 0.556. The second-order valence-corrected chi connectivity index (χ2v) is 6.03. The highest BCUT2D eigenvalue weighted by atomic mass is 16.7. The van der Waals surface area contributed by atoms with Crippen LogP contribution in [0.1, 0.15) is 25.3 Å². The zero-order chi connectivity index (χ0) is 15.9. The first-order chi connectivity index (χ1) is 11.4. The lowest BCUT2D eigenvalue weighted by molar-refractivity contribution is 0.0239. The summed E-state index contributed by atoms with van der Waals surface area (Å²) < 4.78 is 11.5. The van der Waals surface area contributed by atoms with Crippen molar-refractivity contribution < 1.29 is 9.47 Å². The number of nitrogens with one attached hydrogen (secondary N) is 1. The Labute approximate surface area is 138 Å². The molecule has 126 valence electrons. The standard InChI is InChI=1S/C18H27N3O2/c1-2-3-9-19-21-12-10-20(11-13-21)18-17(22-15-23-18)14-16-7-5-4-6-8-16/h4-8,19H,2-3,9-15H2,1H3. The van der Waals surface area contributed by atoms with Gasteiger partial charge in [0.25, 0.3) is 0 Å². The summed E-state index contributed by atoms with van der Waals surface area (Å²) in [5.41, 5.74) is 4.76. The number of hydrogen-bond donors (Lipinski definition) is 1. The van der Waals surface area contributed by atoms with Crippen molar-refractivity contribution in [3.05, 3.63) is 47.5 Å². The topological polar surface area (TPSA) is 37.0 Å². The molecule has 0 saturated carbocycles. The van der Waals surface area contributed by atoms with Gasteiger partial charge in [-0.3, -0.25) is 5.43 Å². The smallest absolute Gasteiger partial charge is 0.232 e. The molecule has 0 amide bonds. The number of piperazine rings is 1. The molecule has 1 aromatic carbocycles. The zero-order valence-electron chi connectivity index (χ0n) is 14.0. The molecule has 0 aromatic heterocycles. The summed E-state index contributed by atoms with van der Waals surface area (Å²) in [6, 6.07) is 10.4. The molecule has 0 aliphatic carbocycles. The number of unbranched alkanes of at least 4 members (excludes halogenated alkanes) is 1. The fourth-order valence-electron chi connectivity index (χ4n) is 2.96. The normalized spacial score (nSPS) is 18.9. The molecule has 1 aromatic rings. The minimum atomic E-state index is 0.340. The Morgan fingerprint density at radius 2 is 1.83 bits per heavy atom. The van der Waals surface area contributed by atoms with E-state index in [4.69, 9.17) is 9.47 Å². The van der Waals surface area contributed by atoms with Crippen LogP contribution in [0.2, 0.25) is 0 Å². The van der Waals surface area contributed by atoms with Crippen LogP contribution in [0.5, 0.6) is 0 Å². The van der Waals surface area contributed by atoms with Crippen LogP contribution in [0.3, 0.4) is 0 Å². The van der Waals surface area contributed by atoms with Gasteiger partial charge >= 0.3 is 0 Å². The summed E-state index contributed by atoms with van der Waals surface area (Å²) in [7, 11) is 0. The van der Waals surface area contributed by atoms with Gasteiger partial charge in [-0.1, -0.05) is 43.7 Å². The van der Waals surface area contributed by atoms with Crippen LogP contribution >= 0.6 is 0 Å². The average Bonchev–Trinajstić information content (AvgIpc) is 3.05. The van der Waals surface area contributed by atoms with Crippen LogP contribution in [0.25, 0.3) is 0 Å².